The van der Waals surface area contributed by atoms with Crippen LogP contribution in [0.4, 0.5) is 0 Å². The molecule has 3 atom stereocenters. The fraction of sp³-hybridized carbons (Fsp3) is 0.533. The molecule has 1 aliphatic heterocycles. The number of likely N-dealkylation sites (tertiary alicyclic amines) is 1. The Morgan fingerprint density at radius 3 is 2.67 bits per heavy atom. The van der Waals surface area contributed by atoms with Gasteiger partial charge in [0.15, 0.2) is 0 Å². The van der Waals surface area contributed by atoms with Gasteiger partial charge in [0.1, 0.15) is 6.04 Å². The molecule has 0 saturated carbocycles. The number of nitrogens with zero attached hydrogens (tertiary/aromatic N) is 1. The van der Waals surface area contributed by atoms with Crippen molar-refractivity contribution in [3.8, 4) is 0 Å². The van der Waals surface area contributed by atoms with Crippen LogP contribution in [0.3, 0.4) is 0 Å². The second-order valence-corrected chi connectivity index (χ2v) is 5.12. The topological polar surface area (TPSA) is 46.3 Å². The standard InChI is InChI=1S/C15H22N2O/c1-3-13-10-9-11(2)17(13)15(18)14(16)12-7-5-4-6-8-12/h4-8,11,13-14H,3,9-10,16H2,1-2H3/t11?,13?,14-/m1/s1. The number of carbonyl (C=O) groups is 1. The van der Waals surface area contributed by atoms with Crippen molar-refractivity contribution in [1.29, 1.82) is 0 Å². The van der Waals surface area contributed by atoms with Crippen molar-refractivity contribution in [1.82, 2.24) is 4.90 Å². The summed E-state index contributed by atoms with van der Waals surface area (Å²) in [6.07, 6.45) is 3.20. The molecule has 2 N–H and O–H groups in total. The molecule has 1 aromatic rings. The van der Waals surface area contributed by atoms with Crippen LogP contribution in [-0.4, -0.2) is 22.9 Å². The van der Waals surface area contributed by atoms with Crippen molar-refractivity contribution >= 4 is 5.91 Å². The van der Waals surface area contributed by atoms with Crippen LogP contribution in [0.15, 0.2) is 30.3 Å². The molecule has 1 aromatic carbocycles. The van der Waals surface area contributed by atoms with E-state index in [0.717, 1.165) is 24.8 Å². The number of amides is 1. The number of nitrogens with two attached hydrogens (primary N) is 1. The van der Waals surface area contributed by atoms with Gasteiger partial charge in [0, 0.05) is 12.1 Å². The lowest BCUT2D eigenvalue weighted by Crippen LogP contribution is -2.44. The van der Waals surface area contributed by atoms with Crippen molar-refractivity contribution < 1.29 is 4.79 Å². The zero-order valence-corrected chi connectivity index (χ0v) is 11.2. The van der Waals surface area contributed by atoms with Gasteiger partial charge in [-0.25, -0.2) is 0 Å². The van der Waals surface area contributed by atoms with E-state index in [2.05, 4.69) is 13.8 Å². The van der Waals surface area contributed by atoms with Gasteiger partial charge in [0.2, 0.25) is 5.91 Å². The molecule has 3 nitrogen and oxygen atoms in total. The summed E-state index contributed by atoms with van der Waals surface area (Å²) in [5.41, 5.74) is 7.01. The summed E-state index contributed by atoms with van der Waals surface area (Å²) in [7, 11) is 0. The molecular weight excluding hydrogens is 224 g/mol. The Morgan fingerprint density at radius 2 is 2.06 bits per heavy atom. The Hall–Kier alpha value is -1.35. The van der Waals surface area contributed by atoms with E-state index >= 15 is 0 Å². The maximum absolute atomic E-state index is 12.5. The number of carbonyl (C=O) groups excluding carboxylic acids is 1. The highest BCUT2D eigenvalue weighted by atomic mass is 16.2. The molecule has 18 heavy (non-hydrogen) atoms. The highest BCUT2D eigenvalue weighted by molar-refractivity contribution is 5.83. The molecule has 1 amide bonds. The van der Waals surface area contributed by atoms with E-state index in [0.29, 0.717) is 12.1 Å². The second-order valence-electron chi connectivity index (χ2n) is 5.12. The average molecular weight is 246 g/mol. The van der Waals surface area contributed by atoms with E-state index in [1.807, 2.05) is 35.2 Å². The summed E-state index contributed by atoms with van der Waals surface area (Å²) in [5.74, 6) is 0.0676. The predicted molar refractivity (Wildman–Crippen MR) is 73.0 cm³/mol. The first-order chi connectivity index (χ1) is 8.65. The van der Waals surface area contributed by atoms with Crippen molar-refractivity contribution in [2.24, 2.45) is 5.73 Å². The van der Waals surface area contributed by atoms with Gasteiger partial charge in [-0.2, -0.15) is 0 Å². The highest BCUT2D eigenvalue weighted by Crippen LogP contribution is 2.28. The van der Waals surface area contributed by atoms with E-state index in [1.54, 1.807) is 0 Å². The van der Waals surface area contributed by atoms with Gasteiger partial charge in [0.25, 0.3) is 0 Å². The van der Waals surface area contributed by atoms with E-state index in [-0.39, 0.29) is 5.91 Å². The third-order valence-electron chi connectivity index (χ3n) is 3.94. The van der Waals surface area contributed by atoms with Gasteiger partial charge in [-0.15, -0.1) is 0 Å². The van der Waals surface area contributed by atoms with Crippen LogP contribution in [0.1, 0.15) is 44.7 Å². The van der Waals surface area contributed by atoms with Crippen molar-refractivity contribution in [2.45, 2.75) is 51.2 Å². The van der Waals surface area contributed by atoms with Gasteiger partial charge >= 0.3 is 0 Å². The van der Waals surface area contributed by atoms with Gasteiger partial charge in [-0.05, 0) is 31.7 Å². The fourth-order valence-corrected chi connectivity index (χ4v) is 2.83. The quantitative estimate of drug-likeness (QED) is 0.890. The van der Waals surface area contributed by atoms with E-state index in [9.17, 15) is 4.79 Å². The Kier molecular flexibility index (Phi) is 4.02. The zero-order valence-electron chi connectivity index (χ0n) is 11.2. The summed E-state index contributed by atoms with van der Waals surface area (Å²) in [5, 5.41) is 0. The van der Waals surface area contributed by atoms with Gasteiger partial charge in [-0.3, -0.25) is 4.79 Å². The minimum atomic E-state index is -0.527. The smallest absolute Gasteiger partial charge is 0.244 e. The zero-order chi connectivity index (χ0) is 13.1. The first-order valence-electron chi connectivity index (χ1n) is 6.77. The Balaban J connectivity index is 2.15. The molecule has 98 valence electrons. The molecule has 0 spiro atoms. The number of benzene rings is 1. The SMILES string of the molecule is CCC1CCC(C)N1C(=O)[C@H](N)c1ccccc1. The average Bonchev–Trinajstić information content (AvgIpc) is 2.79. The first-order valence-corrected chi connectivity index (χ1v) is 6.77. The normalized spacial score (nSPS) is 25.2. The Labute approximate surface area is 109 Å². The van der Waals surface area contributed by atoms with Crippen LogP contribution in [0.25, 0.3) is 0 Å². The number of hydrogen-bond acceptors (Lipinski definition) is 2. The molecular formula is C15H22N2O. The molecule has 1 aliphatic rings. The summed E-state index contributed by atoms with van der Waals surface area (Å²) in [6, 6.07) is 9.78. The molecule has 0 aromatic heterocycles. The van der Waals surface area contributed by atoms with Crippen molar-refractivity contribution in [2.75, 3.05) is 0 Å². The minimum absolute atomic E-state index is 0.0676. The first kappa shape index (κ1) is 13.1. The van der Waals surface area contributed by atoms with Gasteiger partial charge in [0.05, 0.1) is 0 Å². The summed E-state index contributed by atoms with van der Waals surface area (Å²) >= 11 is 0. The van der Waals surface area contributed by atoms with Crippen LogP contribution in [-0.2, 0) is 4.79 Å². The summed E-state index contributed by atoms with van der Waals surface area (Å²) in [4.78, 5) is 14.5. The molecule has 3 heteroatoms. The maximum Gasteiger partial charge on any atom is 0.244 e. The largest absolute Gasteiger partial charge is 0.335 e. The predicted octanol–water partition coefficient (Wildman–Crippen LogP) is 2.48. The van der Waals surface area contributed by atoms with Crippen LogP contribution in [0.5, 0.6) is 0 Å². The van der Waals surface area contributed by atoms with E-state index < -0.39 is 6.04 Å². The molecule has 0 bridgehead atoms. The van der Waals surface area contributed by atoms with Crippen LogP contribution >= 0.6 is 0 Å². The lowest BCUT2D eigenvalue weighted by atomic mass is 10.1. The summed E-state index contributed by atoms with van der Waals surface area (Å²) in [6.45, 7) is 4.25. The highest BCUT2D eigenvalue weighted by Gasteiger charge is 2.35. The third-order valence-corrected chi connectivity index (χ3v) is 3.94. The Morgan fingerprint density at radius 1 is 1.39 bits per heavy atom. The van der Waals surface area contributed by atoms with Crippen LogP contribution < -0.4 is 5.73 Å². The number of hydrogen-bond donors (Lipinski definition) is 1. The molecule has 1 fully saturated rings. The Bertz CT molecular complexity index is 404. The molecule has 1 saturated heterocycles. The van der Waals surface area contributed by atoms with Crippen LogP contribution in [0.2, 0.25) is 0 Å². The second kappa shape index (κ2) is 5.53. The van der Waals surface area contributed by atoms with Crippen molar-refractivity contribution in [3.05, 3.63) is 35.9 Å². The van der Waals surface area contributed by atoms with Gasteiger partial charge < -0.3 is 10.6 Å². The lowest BCUT2D eigenvalue weighted by Gasteiger charge is -2.30. The molecule has 0 aliphatic carbocycles. The van der Waals surface area contributed by atoms with E-state index in [4.69, 9.17) is 5.73 Å². The molecule has 1 heterocycles. The summed E-state index contributed by atoms with van der Waals surface area (Å²) < 4.78 is 0. The molecule has 0 radical (unpaired) electrons. The molecule has 2 unspecified atom stereocenters. The number of rotatable bonds is 3. The van der Waals surface area contributed by atoms with E-state index in [1.165, 1.54) is 0 Å². The minimum Gasteiger partial charge on any atom is -0.335 e. The third kappa shape index (κ3) is 2.41. The lowest BCUT2D eigenvalue weighted by molar-refractivity contribution is -0.135. The van der Waals surface area contributed by atoms with Gasteiger partial charge in [-0.1, -0.05) is 37.3 Å². The van der Waals surface area contributed by atoms with Crippen LogP contribution in [0, 0.1) is 0 Å². The fourth-order valence-electron chi connectivity index (χ4n) is 2.83. The molecule has 2 rings (SSSR count). The maximum atomic E-state index is 12.5. The van der Waals surface area contributed by atoms with Crippen molar-refractivity contribution in [3.63, 3.8) is 0 Å². The monoisotopic (exact) mass is 246 g/mol.